The molecule has 0 aliphatic rings. The van der Waals surface area contributed by atoms with Crippen molar-refractivity contribution in [2.24, 2.45) is 0 Å². The van der Waals surface area contributed by atoms with Gasteiger partial charge in [-0.15, -0.1) is 0 Å². The lowest BCUT2D eigenvalue weighted by Crippen LogP contribution is -2.11. The highest BCUT2D eigenvalue weighted by Crippen LogP contribution is 2.29. The van der Waals surface area contributed by atoms with Crippen LogP contribution in [0.25, 0.3) is 0 Å². The number of benzene rings is 1. The predicted octanol–water partition coefficient (Wildman–Crippen LogP) is 4.88. The van der Waals surface area contributed by atoms with E-state index in [1.165, 1.54) is 6.92 Å². The van der Waals surface area contributed by atoms with Crippen LogP contribution >= 0.6 is 0 Å². The number of furan rings is 1. The minimum absolute atomic E-state index is 0.0545. The summed E-state index contributed by atoms with van der Waals surface area (Å²) in [5, 5.41) is 0. The Bertz CT molecular complexity index is 670. The molecule has 1 heterocycles. The highest BCUT2D eigenvalue weighted by molar-refractivity contribution is 5.95. The highest BCUT2D eigenvalue weighted by atomic mass is 16.6. The first-order valence-corrected chi connectivity index (χ1v) is 7.90. The third-order valence-electron chi connectivity index (χ3n) is 3.71. The van der Waals surface area contributed by atoms with Crippen LogP contribution < -0.4 is 0 Å². The summed E-state index contributed by atoms with van der Waals surface area (Å²) < 4.78 is 11.3. The molecule has 0 amide bonds. The van der Waals surface area contributed by atoms with Gasteiger partial charge in [0.05, 0.1) is 11.1 Å². The molecule has 2 aromatic rings. The van der Waals surface area contributed by atoms with Crippen molar-refractivity contribution in [2.45, 2.75) is 46.1 Å². The van der Waals surface area contributed by atoms with Gasteiger partial charge in [-0.25, -0.2) is 4.79 Å². The molecular weight excluding hydrogens is 292 g/mol. The second-order valence-corrected chi connectivity index (χ2v) is 5.58. The normalized spacial score (nSPS) is 12.0. The smallest absolute Gasteiger partial charge is 0.338 e. The first-order valence-electron chi connectivity index (χ1n) is 7.90. The van der Waals surface area contributed by atoms with Crippen LogP contribution in [0.4, 0.5) is 0 Å². The molecular formula is C19H22O4. The van der Waals surface area contributed by atoms with E-state index in [9.17, 15) is 9.59 Å². The zero-order chi connectivity index (χ0) is 16.8. The van der Waals surface area contributed by atoms with Gasteiger partial charge in [-0.2, -0.15) is 0 Å². The van der Waals surface area contributed by atoms with Crippen molar-refractivity contribution in [3.63, 3.8) is 0 Å². The average Bonchev–Trinajstić information content (AvgIpc) is 2.94. The van der Waals surface area contributed by atoms with Crippen LogP contribution in [-0.2, 0) is 4.74 Å². The van der Waals surface area contributed by atoms with Gasteiger partial charge in [-0.3, -0.25) is 4.79 Å². The molecule has 1 aromatic carbocycles. The Morgan fingerprint density at radius 1 is 1.22 bits per heavy atom. The summed E-state index contributed by atoms with van der Waals surface area (Å²) in [7, 11) is 0. The third kappa shape index (κ3) is 4.31. The van der Waals surface area contributed by atoms with Crippen LogP contribution in [0.5, 0.6) is 0 Å². The number of carbonyl (C=O) groups is 2. The fraction of sp³-hybridized carbons (Fsp3) is 0.368. The van der Waals surface area contributed by atoms with E-state index in [-0.39, 0.29) is 11.8 Å². The Balaban J connectivity index is 2.21. The van der Waals surface area contributed by atoms with Crippen molar-refractivity contribution in [1.82, 2.24) is 0 Å². The Morgan fingerprint density at radius 2 is 1.91 bits per heavy atom. The zero-order valence-electron chi connectivity index (χ0n) is 13.8. The Hall–Kier alpha value is -2.36. The summed E-state index contributed by atoms with van der Waals surface area (Å²) in [5.41, 5.74) is 1.04. The summed E-state index contributed by atoms with van der Waals surface area (Å²) in [4.78, 5) is 23.9. The number of rotatable bonds is 7. The van der Waals surface area contributed by atoms with Gasteiger partial charge in [0.25, 0.3) is 0 Å². The van der Waals surface area contributed by atoms with E-state index in [1.54, 1.807) is 37.3 Å². The fourth-order valence-electron chi connectivity index (χ4n) is 2.43. The van der Waals surface area contributed by atoms with E-state index in [0.717, 1.165) is 12.8 Å². The molecule has 0 spiro atoms. The molecule has 1 atom stereocenters. The number of esters is 1. The van der Waals surface area contributed by atoms with Gasteiger partial charge in [0.15, 0.2) is 11.9 Å². The van der Waals surface area contributed by atoms with Crippen molar-refractivity contribution in [2.75, 3.05) is 0 Å². The van der Waals surface area contributed by atoms with Crippen molar-refractivity contribution in [1.29, 1.82) is 0 Å². The van der Waals surface area contributed by atoms with Crippen molar-refractivity contribution >= 4 is 11.8 Å². The van der Waals surface area contributed by atoms with Crippen molar-refractivity contribution < 1.29 is 18.7 Å². The quantitative estimate of drug-likeness (QED) is 0.540. The van der Waals surface area contributed by atoms with Crippen molar-refractivity contribution in [3.05, 3.63) is 59.0 Å². The van der Waals surface area contributed by atoms with E-state index >= 15 is 0 Å². The van der Waals surface area contributed by atoms with E-state index in [4.69, 9.17) is 9.15 Å². The molecule has 23 heavy (non-hydrogen) atoms. The van der Waals surface area contributed by atoms with E-state index < -0.39 is 6.10 Å². The minimum atomic E-state index is -0.477. The molecule has 0 radical (unpaired) electrons. The first-order chi connectivity index (χ1) is 11.0. The number of Topliss-reactive ketones (excluding diaryl/α,β-unsaturated/α-hetero) is 1. The van der Waals surface area contributed by atoms with Crippen molar-refractivity contribution in [3.8, 4) is 0 Å². The number of carbonyl (C=O) groups excluding carboxylic acids is 2. The summed E-state index contributed by atoms with van der Waals surface area (Å²) in [5.74, 6) is 0.654. The van der Waals surface area contributed by atoms with Gasteiger partial charge in [0, 0.05) is 0 Å². The van der Waals surface area contributed by atoms with Crippen LogP contribution in [-0.4, -0.2) is 11.8 Å². The predicted molar refractivity (Wildman–Crippen MR) is 87.6 cm³/mol. The Labute approximate surface area is 136 Å². The molecule has 0 aliphatic carbocycles. The molecule has 0 N–H and O–H groups in total. The lowest BCUT2D eigenvalue weighted by molar-refractivity contribution is 0.0214. The van der Waals surface area contributed by atoms with Crippen LogP contribution in [0.15, 0.2) is 40.8 Å². The van der Waals surface area contributed by atoms with Gasteiger partial charge >= 0.3 is 5.97 Å². The van der Waals surface area contributed by atoms with Crippen LogP contribution in [0.2, 0.25) is 0 Å². The maximum absolute atomic E-state index is 12.3. The lowest BCUT2D eigenvalue weighted by atomic mass is 10.1. The van der Waals surface area contributed by atoms with Crippen LogP contribution in [0, 0.1) is 6.92 Å². The molecule has 0 bridgehead atoms. The fourth-order valence-corrected chi connectivity index (χ4v) is 2.43. The monoisotopic (exact) mass is 314 g/mol. The molecule has 0 aliphatic heterocycles. The maximum atomic E-state index is 12.3. The zero-order valence-corrected chi connectivity index (χ0v) is 13.8. The highest BCUT2D eigenvalue weighted by Gasteiger charge is 2.23. The van der Waals surface area contributed by atoms with Gasteiger partial charge in [0.1, 0.15) is 11.5 Å². The number of hydrogen-bond acceptors (Lipinski definition) is 4. The largest absolute Gasteiger partial charge is 0.462 e. The van der Waals surface area contributed by atoms with E-state index in [2.05, 4.69) is 6.92 Å². The Morgan fingerprint density at radius 3 is 2.48 bits per heavy atom. The maximum Gasteiger partial charge on any atom is 0.338 e. The van der Waals surface area contributed by atoms with E-state index in [1.807, 2.05) is 6.07 Å². The number of hydrogen-bond donors (Lipinski definition) is 0. The minimum Gasteiger partial charge on any atom is -0.462 e. The number of ketones is 1. The standard InChI is InChI=1S/C19H22O4/c1-4-5-11-17(18-12-16(13(2)20)14(3)22-18)23-19(21)15-9-7-6-8-10-15/h6-10,12,17H,4-5,11H2,1-3H3. The summed E-state index contributed by atoms with van der Waals surface area (Å²) >= 11 is 0. The van der Waals surface area contributed by atoms with E-state index in [0.29, 0.717) is 29.1 Å². The molecule has 4 nitrogen and oxygen atoms in total. The second-order valence-electron chi connectivity index (χ2n) is 5.58. The molecule has 0 saturated heterocycles. The number of ether oxygens (including phenoxy) is 1. The molecule has 4 heteroatoms. The number of aryl methyl sites for hydroxylation is 1. The first kappa shape index (κ1) is 17.0. The molecule has 0 saturated carbocycles. The lowest BCUT2D eigenvalue weighted by Gasteiger charge is -2.15. The SMILES string of the molecule is CCCCC(OC(=O)c1ccccc1)c1cc(C(C)=O)c(C)o1. The Kier molecular flexibility index (Phi) is 5.74. The molecule has 2 rings (SSSR count). The van der Waals surface area contributed by atoms with Gasteiger partial charge < -0.3 is 9.15 Å². The molecule has 1 unspecified atom stereocenters. The van der Waals surface area contributed by atoms with Gasteiger partial charge in [-0.05, 0) is 44.9 Å². The number of unbranched alkanes of at least 4 members (excludes halogenated alkanes) is 1. The average molecular weight is 314 g/mol. The second kappa shape index (κ2) is 7.77. The summed E-state index contributed by atoms with van der Waals surface area (Å²) in [6, 6.07) is 10.6. The van der Waals surface area contributed by atoms with Crippen LogP contribution in [0.1, 0.15) is 71.5 Å². The summed E-state index contributed by atoms with van der Waals surface area (Å²) in [6.07, 6.45) is 2.08. The summed E-state index contributed by atoms with van der Waals surface area (Å²) in [6.45, 7) is 5.32. The van der Waals surface area contributed by atoms with Gasteiger partial charge in [-0.1, -0.05) is 31.5 Å². The topological polar surface area (TPSA) is 56.5 Å². The van der Waals surface area contributed by atoms with Crippen LogP contribution in [0.3, 0.4) is 0 Å². The molecule has 122 valence electrons. The third-order valence-corrected chi connectivity index (χ3v) is 3.71. The van der Waals surface area contributed by atoms with Gasteiger partial charge in [0.2, 0.25) is 0 Å². The molecule has 0 fully saturated rings. The molecule has 1 aromatic heterocycles.